The van der Waals surface area contributed by atoms with E-state index in [0.717, 1.165) is 19.4 Å². The second-order valence-electron chi connectivity index (χ2n) is 5.46. The van der Waals surface area contributed by atoms with Crippen LogP contribution in [0, 0.1) is 6.92 Å². The molecule has 1 aromatic carbocycles. The van der Waals surface area contributed by atoms with Crippen LogP contribution in [0.2, 0.25) is 0 Å². The summed E-state index contributed by atoms with van der Waals surface area (Å²) < 4.78 is 2.09. The summed E-state index contributed by atoms with van der Waals surface area (Å²) >= 11 is 0. The molecular weight excluding hydrogens is 246 g/mol. The standard InChI is InChI=1S/C17H25N3/c1-5-10-20-14(3)17(12-19-20)16-8-6-15(7-9-16)11-13(2)18-4/h6-9,12-13,18H,5,10-11H2,1-4H3. The van der Waals surface area contributed by atoms with Crippen LogP contribution in [0.15, 0.2) is 30.5 Å². The fraction of sp³-hybridized carbons (Fsp3) is 0.471. The number of aryl methyl sites for hydroxylation is 1. The molecule has 0 saturated carbocycles. The van der Waals surface area contributed by atoms with Crippen molar-refractivity contribution in [2.75, 3.05) is 7.05 Å². The molecule has 0 aliphatic carbocycles. The van der Waals surface area contributed by atoms with Gasteiger partial charge in [-0.3, -0.25) is 4.68 Å². The summed E-state index contributed by atoms with van der Waals surface area (Å²) in [5.41, 5.74) is 5.12. The van der Waals surface area contributed by atoms with Gasteiger partial charge in [0, 0.05) is 23.8 Å². The first-order chi connectivity index (χ1) is 9.65. The van der Waals surface area contributed by atoms with E-state index >= 15 is 0 Å². The third kappa shape index (κ3) is 3.28. The Kier molecular flexibility index (Phi) is 4.96. The summed E-state index contributed by atoms with van der Waals surface area (Å²) in [4.78, 5) is 0. The van der Waals surface area contributed by atoms with E-state index in [9.17, 15) is 0 Å². The van der Waals surface area contributed by atoms with Gasteiger partial charge >= 0.3 is 0 Å². The fourth-order valence-electron chi connectivity index (χ4n) is 2.44. The van der Waals surface area contributed by atoms with Crippen LogP contribution in [0.5, 0.6) is 0 Å². The number of aromatic nitrogens is 2. The molecule has 1 N–H and O–H groups in total. The normalized spacial score (nSPS) is 12.6. The summed E-state index contributed by atoms with van der Waals surface area (Å²) in [5.74, 6) is 0. The van der Waals surface area contributed by atoms with Gasteiger partial charge in [-0.25, -0.2) is 0 Å². The van der Waals surface area contributed by atoms with Crippen LogP contribution in [0.4, 0.5) is 0 Å². The molecule has 0 amide bonds. The molecule has 108 valence electrons. The van der Waals surface area contributed by atoms with Gasteiger partial charge in [-0.1, -0.05) is 31.2 Å². The van der Waals surface area contributed by atoms with Crippen molar-refractivity contribution in [3.63, 3.8) is 0 Å². The van der Waals surface area contributed by atoms with Gasteiger partial charge in [0.2, 0.25) is 0 Å². The zero-order valence-corrected chi connectivity index (χ0v) is 13.0. The minimum atomic E-state index is 0.509. The number of nitrogens with one attached hydrogen (secondary N) is 1. The summed E-state index contributed by atoms with van der Waals surface area (Å²) in [6.45, 7) is 7.52. The van der Waals surface area contributed by atoms with E-state index in [-0.39, 0.29) is 0 Å². The number of hydrogen-bond acceptors (Lipinski definition) is 2. The molecule has 20 heavy (non-hydrogen) atoms. The third-order valence-corrected chi connectivity index (χ3v) is 3.84. The van der Waals surface area contributed by atoms with Crippen molar-refractivity contribution in [1.82, 2.24) is 15.1 Å². The Balaban J connectivity index is 2.17. The van der Waals surface area contributed by atoms with E-state index < -0.39 is 0 Å². The molecule has 0 aliphatic heterocycles. The van der Waals surface area contributed by atoms with Gasteiger partial charge in [-0.2, -0.15) is 5.10 Å². The van der Waals surface area contributed by atoms with E-state index in [1.807, 2.05) is 13.2 Å². The smallest absolute Gasteiger partial charge is 0.0571 e. The highest BCUT2D eigenvalue weighted by Gasteiger charge is 2.08. The second-order valence-corrected chi connectivity index (χ2v) is 5.46. The minimum Gasteiger partial charge on any atom is -0.317 e. The van der Waals surface area contributed by atoms with Crippen LogP contribution in [0.25, 0.3) is 11.1 Å². The SMILES string of the molecule is CCCn1ncc(-c2ccc(CC(C)NC)cc2)c1C. The van der Waals surface area contributed by atoms with Gasteiger partial charge in [0.25, 0.3) is 0 Å². The Morgan fingerprint density at radius 1 is 1.25 bits per heavy atom. The average Bonchev–Trinajstić information content (AvgIpc) is 2.82. The highest BCUT2D eigenvalue weighted by Crippen LogP contribution is 2.23. The quantitative estimate of drug-likeness (QED) is 0.872. The third-order valence-electron chi connectivity index (χ3n) is 3.84. The van der Waals surface area contributed by atoms with Crippen LogP contribution in [0.3, 0.4) is 0 Å². The molecule has 0 spiro atoms. The van der Waals surface area contributed by atoms with Crippen LogP contribution in [-0.2, 0) is 13.0 Å². The Hall–Kier alpha value is -1.61. The maximum absolute atomic E-state index is 4.47. The highest BCUT2D eigenvalue weighted by molar-refractivity contribution is 5.65. The van der Waals surface area contributed by atoms with E-state index in [1.165, 1.54) is 22.4 Å². The topological polar surface area (TPSA) is 29.9 Å². The lowest BCUT2D eigenvalue weighted by molar-refractivity contribution is 0.587. The maximum Gasteiger partial charge on any atom is 0.0571 e. The van der Waals surface area contributed by atoms with E-state index in [4.69, 9.17) is 0 Å². The number of benzene rings is 1. The molecule has 0 aliphatic rings. The van der Waals surface area contributed by atoms with E-state index in [0.29, 0.717) is 6.04 Å². The molecule has 3 nitrogen and oxygen atoms in total. The van der Waals surface area contributed by atoms with Crippen molar-refractivity contribution in [3.8, 4) is 11.1 Å². The lowest BCUT2D eigenvalue weighted by atomic mass is 10.0. The Morgan fingerprint density at radius 2 is 1.95 bits per heavy atom. The summed E-state index contributed by atoms with van der Waals surface area (Å²) in [5, 5.41) is 7.75. The molecule has 3 heteroatoms. The number of likely N-dealkylation sites (N-methyl/N-ethyl adjacent to an activating group) is 1. The van der Waals surface area contributed by atoms with Gasteiger partial charge < -0.3 is 5.32 Å². The van der Waals surface area contributed by atoms with Gasteiger partial charge in [0.15, 0.2) is 0 Å². The molecular formula is C17H25N3. The van der Waals surface area contributed by atoms with Crippen LogP contribution in [0.1, 0.15) is 31.5 Å². The zero-order chi connectivity index (χ0) is 14.5. The van der Waals surface area contributed by atoms with Crippen LogP contribution >= 0.6 is 0 Å². The molecule has 0 saturated heterocycles. The van der Waals surface area contributed by atoms with E-state index in [2.05, 4.69) is 60.1 Å². The average molecular weight is 271 g/mol. The Bertz CT molecular complexity index is 540. The number of nitrogens with zero attached hydrogens (tertiary/aromatic N) is 2. The number of hydrogen-bond donors (Lipinski definition) is 1. The maximum atomic E-state index is 4.47. The molecule has 2 aromatic rings. The second kappa shape index (κ2) is 6.71. The Labute approximate surface area is 122 Å². The first-order valence-electron chi connectivity index (χ1n) is 7.44. The first kappa shape index (κ1) is 14.8. The van der Waals surface area contributed by atoms with Crippen LogP contribution < -0.4 is 5.32 Å². The number of rotatable bonds is 6. The molecule has 0 radical (unpaired) electrons. The molecule has 2 rings (SSSR count). The van der Waals surface area contributed by atoms with Crippen molar-refractivity contribution in [3.05, 3.63) is 41.7 Å². The predicted octanol–water partition coefficient (Wildman–Crippen LogP) is 3.42. The van der Waals surface area contributed by atoms with Crippen molar-refractivity contribution in [1.29, 1.82) is 0 Å². The molecule has 1 unspecified atom stereocenters. The highest BCUT2D eigenvalue weighted by atomic mass is 15.3. The molecule has 0 fully saturated rings. The lowest BCUT2D eigenvalue weighted by Gasteiger charge is -2.10. The molecule has 1 heterocycles. The largest absolute Gasteiger partial charge is 0.317 e. The lowest BCUT2D eigenvalue weighted by Crippen LogP contribution is -2.23. The van der Waals surface area contributed by atoms with Gasteiger partial charge in [0.1, 0.15) is 0 Å². The summed E-state index contributed by atoms with van der Waals surface area (Å²) in [7, 11) is 2.00. The van der Waals surface area contributed by atoms with Crippen molar-refractivity contribution >= 4 is 0 Å². The van der Waals surface area contributed by atoms with Crippen molar-refractivity contribution < 1.29 is 0 Å². The fourth-order valence-corrected chi connectivity index (χ4v) is 2.44. The molecule has 0 bridgehead atoms. The van der Waals surface area contributed by atoms with Crippen molar-refractivity contribution in [2.45, 2.75) is 46.2 Å². The summed E-state index contributed by atoms with van der Waals surface area (Å²) in [6, 6.07) is 9.37. The van der Waals surface area contributed by atoms with Crippen LogP contribution in [-0.4, -0.2) is 22.9 Å². The molecule has 1 aromatic heterocycles. The molecule has 1 atom stereocenters. The Morgan fingerprint density at radius 3 is 2.55 bits per heavy atom. The zero-order valence-electron chi connectivity index (χ0n) is 13.0. The van der Waals surface area contributed by atoms with Gasteiger partial charge in [-0.15, -0.1) is 0 Å². The van der Waals surface area contributed by atoms with Crippen molar-refractivity contribution in [2.24, 2.45) is 0 Å². The van der Waals surface area contributed by atoms with Gasteiger partial charge in [0.05, 0.1) is 6.20 Å². The van der Waals surface area contributed by atoms with Gasteiger partial charge in [-0.05, 0) is 44.9 Å². The monoisotopic (exact) mass is 271 g/mol. The first-order valence-corrected chi connectivity index (χ1v) is 7.44. The summed E-state index contributed by atoms with van der Waals surface area (Å²) in [6.07, 6.45) is 4.16. The predicted molar refractivity (Wildman–Crippen MR) is 84.9 cm³/mol. The minimum absolute atomic E-state index is 0.509. The van der Waals surface area contributed by atoms with E-state index in [1.54, 1.807) is 0 Å².